The smallest absolute Gasteiger partial charge is 0.375 e. The van der Waals surface area contributed by atoms with Crippen LogP contribution in [-0.2, 0) is 10.1 Å². The van der Waals surface area contributed by atoms with Crippen molar-refractivity contribution in [1.29, 1.82) is 0 Å². The van der Waals surface area contributed by atoms with E-state index in [-0.39, 0.29) is 11.3 Å². The van der Waals surface area contributed by atoms with Crippen LogP contribution in [-0.4, -0.2) is 13.9 Å². The summed E-state index contributed by atoms with van der Waals surface area (Å²) in [6.07, 6.45) is 0. The second kappa shape index (κ2) is 5.40. The molecule has 2 aromatic carbocycles. The lowest BCUT2D eigenvalue weighted by molar-refractivity contribution is -0.0499. The van der Waals surface area contributed by atoms with Crippen molar-refractivity contribution in [3.8, 4) is 16.9 Å². The molecule has 0 atom stereocenters. The molecule has 2 aromatic rings. The first-order valence-corrected chi connectivity index (χ1v) is 7.28. The number of rotatable bonds is 3. The summed E-state index contributed by atoms with van der Waals surface area (Å²) in [4.78, 5) is 0. The van der Waals surface area contributed by atoms with E-state index in [9.17, 15) is 21.6 Å². The zero-order valence-corrected chi connectivity index (χ0v) is 11.7. The monoisotopic (exact) mass is 316 g/mol. The van der Waals surface area contributed by atoms with E-state index in [0.717, 1.165) is 5.56 Å². The van der Waals surface area contributed by atoms with Crippen molar-refractivity contribution in [2.45, 2.75) is 12.4 Å². The minimum Gasteiger partial charge on any atom is -0.375 e. The lowest BCUT2D eigenvalue weighted by atomic mass is 10.0. The Labute approximate surface area is 120 Å². The van der Waals surface area contributed by atoms with Gasteiger partial charge >= 0.3 is 15.6 Å². The maximum absolute atomic E-state index is 12.4. The largest absolute Gasteiger partial charge is 0.534 e. The molecule has 0 amide bonds. The average Bonchev–Trinajstić information content (AvgIpc) is 2.40. The molecule has 112 valence electrons. The Morgan fingerprint density at radius 3 is 2.19 bits per heavy atom. The van der Waals surface area contributed by atoms with Crippen molar-refractivity contribution < 1.29 is 25.8 Å². The molecule has 0 N–H and O–H groups in total. The molecule has 2 rings (SSSR count). The second-order valence-electron chi connectivity index (χ2n) is 4.35. The summed E-state index contributed by atoms with van der Waals surface area (Å²) in [5.74, 6) is -0.357. The fourth-order valence-corrected chi connectivity index (χ4v) is 2.20. The highest BCUT2D eigenvalue weighted by molar-refractivity contribution is 7.88. The second-order valence-corrected chi connectivity index (χ2v) is 5.89. The summed E-state index contributed by atoms with van der Waals surface area (Å²) < 4.78 is 63.8. The van der Waals surface area contributed by atoms with Gasteiger partial charge in [-0.25, -0.2) is 0 Å². The maximum atomic E-state index is 12.4. The van der Waals surface area contributed by atoms with E-state index in [2.05, 4.69) is 4.18 Å². The fourth-order valence-electron chi connectivity index (χ4n) is 1.73. The lowest BCUT2D eigenvalue weighted by Gasteiger charge is -2.13. The fraction of sp³-hybridized carbons (Fsp3) is 0.143. The Morgan fingerprint density at radius 2 is 1.62 bits per heavy atom. The van der Waals surface area contributed by atoms with Gasteiger partial charge < -0.3 is 4.18 Å². The van der Waals surface area contributed by atoms with Crippen LogP contribution in [0.2, 0.25) is 0 Å². The molecule has 0 heterocycles. The Hall–Kier alpha value is -2.02. The topological polar surface area (TPSA) is 43.4 Å². The molecule has 0 aliphatic rings. The van der Waals surface area contributed by atoms with E-state index < -0.39 is 15.6 Å². The molecule has 0 fully saturated rings. The van der Waals surface area contributed by atoms with Crippen LogP contribution in [0.25, 0.3) is 11.1 Å². The highest BCUT2D eigenvalue weighted by Gasteiger charge is 2.48. The van der Waals surface area contributed by atoms with Crippen LogP contribution in [0.3, 0.4) is 0 Å². The first-order chi connectivity index (χ1) is 9.71. The van der Waals surface area contributed by atoms with E-state index in [1.54, 1.807) is 43.3 Å². The number of hydrogen-bond acceptors (Lipinski definition) is 3. The Kier molecular flexibility index (Phi) is 3.95. The van der Waals surface area contributed by atoms with Gasteiger partial charge in [-0.2, -0.15) is 21.6 Å². The Bertz CT molecular complexity index is 738. The third-order valence-corrected chi connectivity index (χ3v) is 3.67. The highest BCUT2D eigenvalue weighted by atomic mass is 32.2. The van der Waals surface area contributed by atoms with Gasteiger partial charge in [0.05, 0.1) is 0 Å². The van der Waals surface area contributed by atoms with Crippen molar-refractivity contribution in [2.24, 2.45) is 0 Å². The van der Waals surface area contributed by atoms with E-state index in [1.807, 2.05) is 0 Å². The molecule has 7 heteroatoms. The number of hydrogen-bond donors (Lipinski definition) is 0. The van der Waals surface area contributed by atoms with E-state index >= 15 is 0 Å². The van der Waals surface area contributed by atoms with Gasteiger partial charge in [0.25, 0.3) is 0 Å². The van der Waals surface area contributed by atoms with Crippen molar-refractivity contribution in [3.05, 3.63) is 54.1 Å². The molecule has 21 heavy (non-hydrogen) atoms. The average molecular weight is 316 g/mol. The quantitative estimate of drug-likeness (QED) is 0.637. The van der Waals surface area contributed by atoms with Gasteiger partial charge in [-0.05, 0) is 24.6 Å². The van der Waals surface area contributed by atoms with Gasteiger partial charge in [0.15, 0.2) is 5.75 Å². The standard InChI is InChI=1S/C14H11F3O3S/c1-10-7-8-13(20-21(18,19)14(15,16)17)12(9-10)11-5-3-2-4-6-11/h2-9H,1H3. The summed E-state index contributed by atoms with van der Waals surface area (Å²) in [5, 5.41) is 0. The minimum absolute atomic E-state index is 0.281. The first-order valence-electron chi connectivity index (χ1n) is 5.87. The maximum Gasteiger partial charge on any atom is 0.534 e. The molecule has 0 unspecified atom stereocenters. The molecule has 0 aliphatic carbocycles. The van der Waals surface area contributed by atoms with Crippen molar-refractivity contribution in [1.82, 2.24) is 0 Å². The molecule has 0 saturated heterocycles. The summed E-state index contributed by atoms with van der Waals surface area (Å²) in [7, 11) is -5.69. The normalized spacial score (nSPS) is 12.2. The summed E-state index contributed by atoms with van der Waals surface area (Å²) in [6.45, 7) is 1.74. The van der Waals surface area contributed by atoms with Crippen LogP contribution >= 0.6 is 0 Å². The van der Waals surface area contributed by atoms with Gasteiger partial charge in [0.2, 0.25) is 0 Å². The molecule has 0 spiro atoms. The van der Waals surface area contributed by atoms with Crippen LogP contribution < -0.4 is 4.18 Å². The highest BCUT2D eigenvalue weighted by Crippen LogP contribution is 2.34. The third kappa shape index (κ3) is 3.36. The van der Waals surface area contributed by atoms with Gasteiger partial charge in [-0.3, -0.25) is 0 Å². The number of halogens is 3. The third-order valence-electron chi connectivity index (χ3n) is 2.70. The van der Waals surface area contributed by atoms with E-state index in [0.29, 0.717) is 5.56 Å². The molecule has 0 aromatic heterocycles. The van der Waals surface area contributed by atoms with Gasteiger partial charge in [0, 0.05) is 5.56 Å². The Morgan fingerprint density at radius 1 is 1.00 bits per heavy atom. The molecular formula is C14H11F3O3S. The minimum atomic E-state index is -5.69. The molecule has 0 aliphatic heterocycles. The van der Waals surface area contributed by atoms with Gasteiger partial charge in [-0.15, -0.1) is 0 Å². The van der Waals surface area contributed by atoms with Gasteiger partial charge in [-0.1, -0.05) is 42.0 Å². The summed E-state index contributed by atoms with van der Waals surface area (Å²) in [5.41, 5.74) is -3.85. The molecule has 3 nitrogen and oxygen atoms in total. The number of alkyl halides is 3. The van der Waals surface area contributed by atoms with Crippen LogP contribution in [0.1, 0.15) is 5.56 Å². The van der Waals surface area contributed by atoms with Crippen LogP contribution in [0, 0.1) is 6.92 Å². The van der Waals surface area contributed by atoms with E-state index in [4.69, 9.17) is 0 Å². The Balaban J connectivity index is 2.52. The van der Waals surface area contributed by atoms with E-state index in [1.165, 1.54) is 12.1 Å². The summed E-state index contributed by atoms with van der Waals surface area (Å²) in [6, 6.07) is 12.7. The number of benzene rings is 2. The van der Waals surface area contributed by atoms with Crippen LogP contribution in [0.5, 0.6) is 5.75 Å². The molecular weight excluding hydrogens is 305 g/mol. The zero-order chi connectivity index (χ0) is 15.7. The number of aryl methyl sites for hydroxylation is 1. The van der Waals surface area contributed by atoms with Crippen LogP contribution in [0.4, 0.5) is 13.2 Å². The van der Waals surface area contributed by atoms with Crippen LogP contribution in [0.15, 0.2) is 48.5 Å². The SMILES string of the molecule is Cc1ccc(OS(=O)(=O)C(F)(F)F)c(-c2ccccc2)c1. The zero-order valence-electron chi connectivity index (χ0n) is 10.9. The lowest BCUT2D eigenvalue weighted by Crippen LogP contribution is -2.28. The molecule has 0 bridgehead atoms. The summed E-state index contributed by atoms with van der Waals surface area (Å²) >= 11 is 0. The van der Waals surface area contributed by atoms with Crippen molar-refractivity contribution in [2.75, 3.05) is 0 Å². The van der Waals surface area contributed by atoms with Crippen molar-refractivity contribution >= 4 is 10.1 Å². The van der Waals surface area contributed by atoms with Gasteiger partial charge in [0.1, 0.15) is 0 Å². The first kappa shape index (κ1) is 15.4. The van der Waals surface area contributed by atoms with Crippen molar-refractivity contribution in [3.63, 3.8) is 0 Å². The predicted molar refractivity (Wildman–Crippen MR) is 72.2 cm³/mol. The predicted octanol–water partition coefficient (Wildman–Crippen LogP) is 3.89. The molecule has 0 saturated carbocycles. The molecule has 0 radical (unpaired) electrons.